The van der Waals surface area contributed by atoms with Gasteiger partial charge in [0.15, 0.2) is 0 Å². The predicted molar refractivity (Wildman–Crippen MR) is 114 cm³/mol. The molecule has 3 N–H and O–H groups in total. The van der Waals surface area contributed by atoms with Crippen molar-refractivity contribution in [2.45, 2.75) is 51.0 Å². The number of aliphatic carboxylic acids is 1. The van der Waals surface area contributed by atoms with Crippen molar-refractivity contribution in [1.82, 2.24) is 5.32 Å². The number of amides is 1. The number of fused-ring (bicyclic) bond motifs is 3. The normalized spacial score (nSPS) is 25.8. The summed E-state index contributed by atoms with van der Waals surface area (Å²) in [5, 5.41) is 24.5. The third-order valence-electron chi connectivity index (χ3n) is 6.52. The number of benzene rings is 1. The molecule has 2 saturated carbocycles. The highest BCUT2D eigenvalue weighted by molar-refractivity contribution is 7.17. The number of hydrogen-bond donors (Lipinski definition) is 3. The topological polar surface area (TPSA) is 86.6 Å². The molecule has 6 heteroatoms. The first kappa shape index (κ1) is 20.0. The molecule has 154 valence electrons. The van der Waals surface area contributed by atoms with Gasteiger partial charge in [-0.3, -0.25) is 9.59 Å². The van der Waals surface area contributed by atoms with Crippen LogP contribution in [0.1, 0.15) is 55.3 Å². The Hall–Kier alpha value is -2.34. The maximum atomic E-state index is 13.0. The SMILES string of the molecule is O=C(O)CCC/C=C\C[C@H]1C2CCC(C2)[C@@H]1NC(=O)c1csc2ccc(O)cc12. The molecule has 2 fully saturated rings. The zero-order valence-electron chi connectivity index (χ0n) is 16.3. The number of carbonyl (C=O) groups excluding carboxylic acids is 1. The van der Waals surface area contributed by atoms with Crippen LogP contribution in [0.25, 0.3) is 10.1 Å². The number of carbonyl (C=O) groups is 2. The molecule has 2 aliphatic carbocycles. The molecule has 1 heterocycles. The quantitative estimate of drug-likeness (QED) is 0.422. The summed E-state index contributed by atoms with van der Waals surface area (Å²) < 4.78 is 1.00. The van der Waals surface area contributed by atoms with E-state index < -0.39 is 5.97 Å². The lowest BCUT2D eigenvalue weighted by Gasteiger charge is -2.31. The van der Waals surface area contributed by atoms with Crippen molar-refractivity contribution in [3.63, 3.8) is 0 Å². The minimum absolute atomic E-state index is 0.0464. The van der Waals surface area contributed by atoms with Crippen LogP contribution in [-0.4, -0.2) is 28.1 Å². The fourth-order valence-corrected chi connectivity index (χ4v) is 6.06. The van der Waals surface area contributed by atoms with Gasteiger partial charge >= 0.3 is 5.97 Å². The van der Waals surface area contributed by atoms with Crippen LogP contribution in [0.3, 0.4) is 0 Å². The van der Waals surface area contributed by atoms with Crippen molar-refractivity contribution in [3.8, 4) is 5.75 Å². The van der Waals surface area contributed by atoms with Crippen LogP contribution in [0.4, 0.5) is 0 Å². The van der Waals surface area contributed by atoms with Crippen LogP contribution in [0.2, 0.25) is 0 Å². The number of aromatic hydroxyl groups is 1. The summed E-state index contributed by atoms with van der Waals surface area (Å²) >= 11 is 1.52. The first-order valence-electron chi connectivity index (χ1n) is 10.4. The summed E-state index contributed by atoms with van der Waals surface area (Å²) in [6.45, 7) is 0. The van der Waals surface area contributed by atoms with E-state index in [4.69, 9.17) is 5.11 Å². The van der Waals surface area contributed by atoms with E-state index in [2.05, 4.69) is 17.5 Å². The monoisotopic (exact) mass is 413 g/mol. The maximum Gasteiger partial charge on any atom is 0.303 e. The average molecular weight is 414 g/mol. The maximum absolute atomic E-state index is 13.0. The van der Waals surface area contributed by atoms with E-state index in [0.29, 0.717) is 29.7 Å². The standard InChI is InChI=1S/C23H27NO4S/c25-16-9-10-20-18(12-16)19(13-29-20)23(28)24-22-15-8-7-14(11-15)17(22)5-3-1-2-4-6-21(26)27/h1,3,9-10,12-15,17,22,25H,2,4-8,11H2,(H,24,28)(H,26,27)/b3-1-/t14?,15?,17-,22-/m0/s1. The second-order valence-electron chi connectivity index (χ2n) is 8.32. The average Bonchev–Trinajstić information content (AvgIpc) is 3.39. The predicted octanol–water partition coefficient (Wildman–Crippen LogP) is 4.95. The van der Waals surface area contributed by atoms with E-state index >= 15 is 0 Å². The molecule has 0 spiro atoms. The molecule has 2 aromatic rings. The third kappa shape index (κ3) is 4.32. The Bertz CT molecular complexity index is 934. The van der Waals surface area contributed by atoms with Crippen molar-refractivity contribution < 1.29 is 19.8 Å². The fraction of sp³-hybridized carbons (Fsp3) is 0.478. The van der Waals surface area contributed by atoms with Crippen LogP contribution in [0.5, 0.6) is 5.75 Å². The van der Waals surface area contributed by atoms with Gasteiger partial charge in [0.1, 0.15) is 5.75 Å². The summed E-state index contributed by atoms with van der Waals surface area (Å²) in [7, 11) is 0. The molecular formula is C23H27NO4S. The van der Waals surface area contributed by atoms with Crippen LogP contribution < -0.4 is 5.32 Å². The molecule has 0 saturated heterocycles. The number of hydrogen-bond acceptors (Lipinski definition) is 4. The molecule has 1 aromatic heterocycles. The number of phenolic OH excluding ortho intramolecular Hbond substituents is 1. The van der Waals surface area contributed by atoms with Gasteiger partial charge in [-0.05, 0) is 74.5 Å². The molecule has 5 nitrogen and oxygen atoms in total. The van der Waals surface area contributed by atoms with Crippen molar-refractivity contribution >= 4 is 33.3 Å². The molecule has 29 heavy (non-hydrogen) atoms. The second-order valence-corrected chi connectivity index (χ2v) is 9.23. The number of nitrogens with one attached hydrogen (secondary N) is 1. The van der Waals surface area contributed by atoms with Crippen molar-refractivity contribution in [3.05, 3.63) is 41.3 Å². The number of rotatable bonds is 8. The van der Waals surface area contributed by atoms with E-state index in [1.54, 1.807) is 12.1 Å². The Morgan fingerprint density at radius 2 is 2.03 bits per heavy atom. The Morgan fingerprint density at radius 1 is 1.21 bits per heavy atom. The lowest BCUT2D eigenvalue weighted by molar-refractivity contribution is -0.137. The molecule has 2 aliphatic rings. The Morgan fingerprint density at radius 3 is 2.86 bits per heavy atom. The van der Waals surface area contributed by atoms with Crippen LogP contribution in [0.15, 0.2) is 35.7 Å². The number of allylic oxidation sites excluding steroid dienone is 2. The second kappa shape index (κ2) is 8.57. The largest absolute Gasteiger partial charge is 0.508 e. The molecule has 2 bridgehead atoms. The number of thiophene rings is 1. The van der Waals surface area contributed by atoms with E-state index in [1.165, 1.54) is 30.6 Å². The first-order valence-corrected chi connectivity index (χ1v) is 11.3. The molecular weight excluding hydrogens is 386 g/mol. The van der Waals surface area contributed by atoms with Crippen molar-refractivity contribution in [1.29, 1.82) is 0 Å². The van der Waals surface area contributed by atoms with Crippen LogP contribution in [0, 0.1) is 17.8 Å². The van der Waals surface area contributed by atoms with Gasteiger partial charge in [0, 0.05) is 27.9 Å². The third-order valence-corrected chi connectivity index (χ3v) is 7.49. The first-order chi connectivity index (χ1) is 14.0. The van der Waals surface area contributed by atoms with Gasteiger partial charge in [-0.15, -0.1) is 11.3 Å². The zero-order chi connectivity index (χ0) is 20.4. The van der Waals surface area contributed by atoms with Gasteiger partial charge in [0.25, 0.3) is 5.91 Å². The van der Waals surface area contributed by atoms with E-state index in [0.717, 1.165) is 22.9 Å². The summed E-state index contributed by atoms with van der Waals surface area (Å²) in [5.41, 5.74) is 0.645. The van der Waals surface area contributed by atoms with Crippen LogP contribution >= 0.6 is 11.3 Å². The molecule has 4 rings (SSSR count). The summed E-state index contributed by atoms with van der Waals surface area (Å²) in [6.07, 6.45) is 10.5. The summed E-state index contributed by atoms with van der Waals surface area (Å²) in [6, 6.07) is 5.35. The van der Waals surface area contributed by atoms with Gasteiger partial charge in [-0.2, -0.15) is 0 Å². The highest BCUT2D eigenvalue weighted by Crippen LogP contribution is 2.50. The molecule has 0 aliphatic heterocycles. The molecule has 1 amide bonds. The van der Waals surface area contributed by atoms with Gasteiger partial charge in [0.2, 0.25) is 0 Å². The Labute approximate surface area is 174 Å². The minimum atomic E-state index is -0.747. The van der Waals surface area contributed by atoms with E-state index in [1.807, 2.05) is 11.4 Å². The van der Waals surface area contributed by atoms with Gasteiger partial charge in [-0.1, -0.05) is 12.2 Å². The van der Waals surface area contributed by atoms with Gasteiger partial charge < -0.3 is 15.5 Å². The lowest BCUT2D eigenvalue weighted by atomic mass is 9.82. The van der Waals surface area contributed by atoms with Crippen molar-refractivity contribution in [2.24, 2.45) is 17.8 Å². The Kier molecular flexibility index (Phi) is 5.90. The number of carboxylic acids is 1. The lowest BCUT2D eigenvalue weighted by Crippen LogP contribution is -2.43. The number of unbranched alkanes of at least 4 members (excludes halogenated alkanes) is 1. The number of carboxylic acid groups (broad SMARTS) is 1. The summed E-state index contributed by atoms with van der Waals surface area (Å²) in [4.78, 5) is 23.6. The molecule has 2 unspecified atom stereocenters. The highest BCUT2D eigenvalue weighted by Gasteiger charge is 2.47. The zero-order valence-corrected chi connectivity index (χ0v) is 17.2. The fourth-order valence-electron chi connectivity index (χ4n) is 5.14. The Balaban J connectivity index is 1.41. The van der Waals surface area contributed by atoms with Gasteiger partial charge in [0.05, 0.1) is 5.56 Å². The van der Waals surface area contributed by atoms with E-state index in [-0.39, 0.29) is 24.1 Å². The number of phenols is 1. The van der Waals surface area contributed by atoms with Crippen molar-refractivity contribution in [2.75, 3.05) is 0 Å². The van der Waals surface area contributed by atoms with Crippen LogP contribution in [-0.2, 0) is 4.79 Å². The minimum Gasteiger partial charge on any atom is -0.508 e. The molecule has 1 aromatic carbocycles. The smallest absolute Gasteiger partial charge is 0.303 e. The summed E-state index contributed by atoms with van der Waals surface area (Å²) in [5.74, 6) is 1.05. The molecule has 4 atom stereocenters. The molecule has 0 radical (unpaired) electrons. The van der Waals surface area contributed by atoms with E-state index in [9.17, 15) is 14.7 Å². The van der Waals surface area contributed by atoms with Gasteiger partial charge in [-0.25, -0.2) is 0 Å². The highest BCUT2D eigenvalue weighted by atomic mass is 32.1.